The van der Waals surface area contributed by atoms with Crippen molar-refractivity contribution in [2.24, 2.45) is 5.92 Å². The van der Waals surface area contributed by atoms with E-state index in [1.165, 1.54) is 0 Å². The molecule has 0 aromatic heterocycles. The lowest BCUT2D eigenvalue weighted by Crippen LogP contribution is -2.52. The van der Waals surface area contributed by atoms with Gasteiger partial charge in [0.05, 0.1) is 13.2 Å². The van der Waals surface area contributed by atoms with E-state index in [1.54, 1.807) is 4.90 Å². The molecule has 138 valence electrons. The van der Waals surface area contributed by atoms with Crippen LogP contribution in [0.4, 0.5) is 0 Å². The number of amides is 3. The molecule has 1 fully saturated rings. The summed E-state index contributed by atoms with van der Waals surface area (Å²) in [4.78, 5) is 37.9. The number of ether oxygens (including phenoxy) is 1. The number of imide groups is 1. The summed E-state index contributed by atoms with van der Waals surface area (Å²) in [5, 5.41) is 11.5. The average Bonchev–Trinajstić information content (AvgIpc) is 2.80. The number of benzene rings is 1. The van der Waals surface area contributed by atoms with E-state index in [4.69, 9.17) is 4.74 Å². The van der Waals surface area contributed by atoms with Gasteiger partial charge in [0.1, 0.15) is 11.8 Å². The van der Waals surface area contributed by atoms with E-state index < -0.39 is 11.9 Å². The van der Waals surface area contributed by atoms with Crippen LogP contribution in [0.5, 0.6) is 5.75 Å². The minimum Gasteiger partial charge on any atom is -0.493 e. The van der Waals surface area contributed by atoms with Gasteiger partial charge in [-0.1, -0.05) is 6.07 Å². The zero-order chi connectivity index (χ0) is 18.3. The zero-order valence-electron chi connectivity index (χ0n) is 14.5. The zero-order valence-corrected chi connectivity index (χ0v) is 14.5. The molecule has 7 nitrogen and oxygen atoms in total. The van der Waals surface area contributed by atoms with Gasteiger partial charge in [0, 0.05) is 24.2 Å². The van der Waals surface area contributed by atoms with E-state index >= 15 is 0 Å². The summed E-state index contributed by atoms with van der Waals surface area (Å²) in [5.41, 5.74) is 2.47. The van der Waals surface area contributed by atoms with Crippen molar-refractivity contribution in [2.75, 3.05) is 13.2 Å². The number of carbonyl (C=O) groups excluding carboxylic acids is 3. The maximum atomic E-state index is 12.8. The van der Waals surface area contributed by atoms with Gasteiger partial charge in [-0.15, -0.1) is 0 Å². The second-order valence-corrected chi connectivity index (χ2v) is 7.20. The number of aliphatic hydroxyl groups excluding tert-OH is 1. The molecule has 4 rings (SSSR count). The third kappa shape index (κ3) is 2.86. The maximum Gasteiger partial charge on any atom is 0.255 e. The molecule has 26 heavy (non-hydrogen) atoms. The first-order chi connectivity index (χ1) is 12.6. The molecule has 2 N–H and O–H groups in total. The lowest BCUT2D eigenvalue weighted by atomic mass is 9.92. The Balaban J connectivity index is 1.62. The smallest absolute Gasteiger partial charge is 0.255 e. The fraction of sp³-hybridized carbons (Fsp3) is 0.526. The molecule has 0 bridgehead atoms. The van der Waals surface area contributed by atoms with Crippen molar-refractivity contribution in [3.05, 3.63) is 28.8 Å². The lowest BCUT2D eigenvalue weighted by Gasteiger charge is -2.29. The molecule has 1 aromatic carbocycles. The van der Waals surface area contributed by atoms with Gasteiger partial charge >= 0.3 is 0 Å². The van der Waals surface area contributed by atoms with Crippen LogP contribution >= 0.6 is 0 Å². The number of aliphatic hydroxyl groups is 1. The molecular weight excluding hydrogens is 336 g/mol. The Morgan fingerprint density at radius 2 is 2.08 bits per heavy atom. The van der Waals surface area contributed by atoms with Gasteiger partial charge in [-0.3, -0.25) is 19.7 Å². The summed E-state index contributed by atoms with van der Waals surface area (Å²) < 4.78 is 5.98. The molecule has 2 atom stereocenters. The van der Waals surface area contributed by atoms with E-state index in [1.807, 2.05) is 12.1 Å². The minimum absolute atomic E-state index is 0.159. The molecule has 0 radical (unpaired) electrons. The Labute approximate surface area is 151 Å². The van der Waals surface area contributed by atoms with Crippen molar-refractivity contribution in [3.8, 4) is 5.75 Å². The second kappa shape index (κ2) is 6.72. The van der Waals surface area contributed by atoms with Crippen LogP contribution in [-0.4, -0.2) is 47.0 Å². The highest BCUT2D eigenvalue weighted by atomic mass is 16.5. The first-order valence-electron chi connectivity index (χ1n) is 9.11. The normalized spacial score (nSPS) is 25.3. The Bertz CT molecular complexity index is 775. The summed E-state index contributed by atoms with van der Waals surface area (Å²) in [7, 11) is 0. The van der Waals surface area contributed by atoms with Crippen molar-refractivity contribution in [2.45, 2.75) is 44.7 Å². The molecule has 0 spiro atoms. The van der Waals surface area contributed by atoms with Crippen LogP contribution in [0.1, 0.15) is 47.2 Å². The van der Waals surface area contributed by atoms with Gasteiger partial charge in [-0.05, 0) is 43.2 Å². The summed E-state index contributed by atoms with van der Waals surface area (Å²) in [6, 6.07) is 3.12. The lowest BCUT2D eigenvalue weighted by molar-refractivity contribution is -0.136. The van der Waals surface area contributed by atoms with Crippen LogP contribution in [-0.2, 0) is 22.6 Å². The molecule has 7 heteroatoms. The Morgan fingerprint density at radius 3 is 2.85 bits per heavy atom. The van der Waals surface area contributed by atoms with Gasteiger partial charge in [0.25, 0.3) is 5.91 Å². The van der Waals surface area contributed by atoms with Gasteiger partial charge in [-0.25, -0.2) is 0 Å². The Hall–Kier alpha value is -2.41. The molecular formula is C19H22N2O5. The molecule has 2 unspecified atom stereocenters. The SMILES string of the molecule is O=C1CCC(N2Cc3c(ccc4c3OCCC(CCO)C4)C2=O)C(=O)N1. The van der Waals surface area contributed by atoms with Gasteiger partial charge in [0.2, 0.25) is 11.8 Å². The third-order valence-electron chi connectivity index (χ3n) is 5.57. The topological polar surface area (TPSA) is 95.9 Å². The van der Waals surface area contributed by atoms with Gasteiger partial charge < -0.3 is 14.7 Å². The molecule has 0 saturated carbocycles. The molecule has 0 aliphatic carbocycles. The highest BCUT2D eigenvalue weighted by Gasteiger charge is 2.41. The third-order valence-corrected chi connectivity index (χ3v) is 5.57. The maximum absolute atomic E-state index is 12.8. The fourth-order valence-corrected chi connectivity index (χ4v) is 4.17. The van der Waals surface area contributed by atoms with E-state index in [-0.39, 0.29) is 24.8 Å². The largest absolute Gasteiger partial charge is 0.493 e. The minimum atomic E-state index is -0.615. The number of rotatable bonds is 3. The van der Waals surface area contributed by atoms with E-state index in [0.29, 0.717) is 31.1 Å². The molecule has 3 aliphatic heterocycles. The van der Waals surface area contributed by atoms with Crippen LogP contribution in [0.25, 0.3) is 0 Å². The molecule has 1 aromatic rings. The van der Waals surface area contributed by atoms with Crippen molar-refractivity contribution in [1.29, 1.82) is 0 Å². The predicted molar refractivity (Wildman–Crippen MR) is 91.5 cm³/mol. The Morgan fingerprint density at radius 1 is 1.23 bits per heavy atom. The number of nitrogens with zero attached hydrogens (tertiary/aromatic N) is 1. The quantitative estimate of drug-likeness (QED) is 0.778. The molecule has 3 heterocycles. The molecule has 3 aliphatic rings. The first-order valence-corrected chi connectivity index (χ1v) is 9.11. The average molecular weight is 358 g/mol. The standard InChI is InChI=1S/C19H22N2O5/c22-7-5-11-6-8-26-17-12(9-11)1-2-13-14(17)10-21(19(13)25)15-3-4-16(23)20-18(15)24/h1-2,11,15,22H,3-10H2,(H,20,23,24). The summed E-state index contributed by atoms with van der Waals surface area (Å²) in [6.07, 6.45) is 3.02. The number of nitrogens with one attached hydrogen (secondary N) is 1. The van der Waals surface area contributed by atoms with E-state index in [9.17, 15) is 19.5 Å². The second-order valence-electron chi connectivity index (χ2n) is 7.20. The summed E-state index contributed by atoms with van der Waals surface area (Å²) in [5.74, 6) is 0.241. The highest BCUT2D eigenvalue weighted by Crippen LogP contribution is 2.39. The fourth-order valence-electron chi connectivity index (χ4n) is 4.17. The predicted octanol–water partition coefficient (Wildman–Crippen LogP) is 0.771. The van der Waals surface area contributed by atoms with Crippen LogP contribution < -0.4 is 10.1 Å². The number of fused-ring (bicyclic) bond motifs is 3. The number of hydrogen-bond acceptors (Lipinski definition) is 5. The summed E-state index contributed by atoms with van der Waals surface area (Å²) in [6.45, 7) is 1.04. The van der Waals surface area contributed by atoms with Gasteiger partial charge in [0.15, 0.2) is 0 Å². The first kappa shape index (κ1) is 17.0. The number of hydrogen-bond donors (Lipinski definition) is 2. The van der Waals surface area contributed by atoms with Gasteiger partial charge in [-0.2, -0.15) is 0 Å². The molecule has 3 amide bonds. The monoisotopic (exact) mass is 358 g/mol. The van der Waals surface area contributed by atoms with E-state index in [2.05, 4.69) is 5.32 Å². The van der Waals surface area contributed by atoms with Crippen molar-refractivity contribution in [1.82, 2.24) is 10.2 Å². The highest BCUT2D eigenvalue weighted by molar-refractivity contribution is 6.05. The molecule has 1 saturated heterocycles. The Kier molecular flexibility index (Phi) is 4.40. The van der Waals surface area contributed by atoms with E-state index in [0.717, 1.165) is 36.1 Å². The number of piperidine rings is 1. The van der Waals surface area contributed by atoms with Crippen molar-refractivity contribution < 1.29 is 24.2 Å². The number of carbonyl (C=O) groups is 3. The van der Waals surface area contributed by atoms with Crippen molar-refractivity contribution in [3.63, 3.8) is 0 Å². The summed E-state index contributed by atoms with van der Waals surface area (Å²) >= 11 is 0. The van der Waals surface area contributed by atoms with Crippen LogP contribution in [0, 0.1) is 5.92 Å². The van der Waals surface area contributed by atoms with Crippen LogP contribution in [0.2, 0.25) is 0 Å². The van der Waals surface area contributed by atoms with Crippen LogP contribution in [0.15, 0.2) is 12.1 Å². The van der Waals surface area contributed by atoms with Crippen molar-refractivity contribution >= 4 is 17.7 Å². The van der Waals surface area contributed by atoms with Crippen LogP contribution in [0.3, 0.4) is 0 Å².